The van der Waals surface area contributed by atoms with E-state index in [1.54, 1.807) is 25.2 Å². The predicted octanol–water partition coefficient (Wildman–Crippen LogP) is 0.937. The first-order valence-electron chi connectivity index (χ1n) is 9.18. The molecule has 2 aromatic heterocycles. The van der Waals surface area contributed by atoms with Crippen molar-refractivity contribution >= 4 is 18.1 Å². The molecule has 2 atom stereocenters. The van der Waals surface area contributed by atoms with Gasteiger partial charge in [0.2, 0.25) is 12.1 Å². The van der Waals surface area contributed by atoms with Crippen molar-refractivity contribution in [3.8, 4) is 22.6 Å². The Bertz CT molecular complexity index is 1110. The number of carbonyl (C=O) groups excluding carboxylic acids is 2. The third-order valence-corrected chi connectivity index (χ3v) is 4.52. The molecule has 12 heteroatoms. The molecule has 1 unspecified atom stereocenters. The first-order chi connectivity index (χ1) is 14.9. The molecule has 1 aliphatic rings. The zero-order valence-electron chi connectivity index (χ0n) is 16.3. The highest BCUT2D eigenvalue weighted by Crippen LogP contribution is 2.29. The van der Waals surface area contributed by atoms with Crippen LogP contribution in [0.25, 0.3) is 22.6 Å². The average molecular weight is 428 g/mol. The van der Waals surface area contributed by atoms with Crippen LogP contribution in [0, 0.1) is 5.82 Å². The fraction of sp³-hybridized carbons (Fsp3) is 0.263. The third kappa shape index (κ3) is 4.39. The number of nitrogens with zero attached hydrogens (tertiary/aromatic N) is 6. The molecule has 1 aliphatic heterocycles. The van der Waals surface area contributed by atoms with Gasteiger partial charge >= 0.3 is 6.09 Å². The van der Waals surface area contributed by atoms with Crippen LogP contribution < -0.4 is 4.90 Å². The van der Waals surface area contributed by atoms with Gasteiger partial charge in [-0.05, 0) is 29.5 Å². The van der Waals surface area contributed by atoms with Gasteiger partial charge in [0.05, 0.1) is 25.9 Å². The Labute approximate surface area is 175 Å². The summed E-state index contributed by atoms with van der Waals surface area (Å²) in [5.74, 6) is -0.190. The predicted molar refractivity (Wildman–Crippen MR) is 103 cm³/mol. The van der Waals surface area contributed by atoms with Crippen LogP contribution in [0.5, 0.6) is 0 Å². The Kier molecular flexibility index (Phi) is 5.64. The van der Waals surface area contributed by atoms with Crippen LogP contribution >= 0.6 is 0 Å². The smallest absolute Gasteiger partial charge is 0.414 e. The Morgan fingerprint density at radius 3 is 2.87 bits per heavy atom. The lowest BCUT2D eigenvalue weighted by molar-refractivity contribution is -0.146. The molecule has 0 saturated carbocycles. The van der Waals surface area contributed by atoms with Crippen LogP contribution in [0.3, 0.4) is 0 Å². The normalized spacial score (nSPS) is 16.9. The quantitative estimate of drug-likeness (QED) is 0.431. The van der Waals surface area contributed by atoms with Crippen molar-refractivity contribution in [3.05, 3.63) is 42.3 Å². The third-order valence-electron chi connectivity index (χ3n) is 4.52. The van der Waals surface area contributed by atoms with Gasteiger partial charge in [0.15, 0.2) is 6.29 Å². The van der Waals surface area contributed by atoms with Gasteiger partial charge in [-0.1, -0.05) is 6.07 Å². The second kappa shape index (κ2) is 8.53. The number of aromatic nitrogens is 5. The van der Waals surface area contributed by atoms with E-state index in [0.29, 0.717) is 28.3 Å². The minimum atomic E-state index is -1.59. The summed E-state index contributed by atoms with van der Waals surface area (Å²) in [5.41, 5.74) is 1.64. The fourth-order valence-electron chi connectivity index (χ4n) is 3.04. The molecular formula is C19H17FN6O5. The van der Waals surface area contributed by atoms with E-state index < -0.39 is 24.3 Å². The van der Waals surface area contributed by atoms with Gasteiger partial charge in [-0.2, -0.15) is 4.80 Å². The van der Waals surface area contributed by atoms with E-state index in [1.807, 2.05) is 0 Å². The number of cyclic esters (lactones) is 1. The summed E-state index contributed by atoms with van der Waals surface area (Å²) in [5, 5.41) is 20.8. The van der Waals surface area contributed by atoms with Crippen molar-refractivity contribution < 1.29 is 28.6 Å². The monoisotopic (exact) mass is 428 g/mol. The number of tetrazole rings is 1. The van der Waals surface area contributed by atoms with Gasteiger partial charge in [-0.15, -0.1) is 10.2 Å². The lowest BCUT2D eigenvalue weighted by Gasteiger charge is -2.14. The summed E-state index contributed by atoms with van der Waals surface area (Å²) in [6.45, 7) is -0.0774. The topological polar surface area (TPSA) is 133 Å². The van der Waals surface area contributed by atoms with Crippen molar-refractivity contribution in [1.82, 2.24) is 25.2 Å². The molecule has 1 saturated heterocycles. The van der Waals surface area contributed by atoms with Gasteiger partial charge in [-0.25, -0.2) is 9.18 Å². The number of hydrogen-bond donors (Lipinski definition) is 1. The van der Waals surface area contributed by atoms with Gasteiger partial charge < -0.3 is 14.6 Å². The molecular weight excluding hydrogens is 411 g/mol. The summed E-state index contributed by atoms with van der Waals surface area (Å²) in [6.07, 6.45) is -1.25. The van der Waals surface area contributed by atoms with E-state index in [1.165, 1.54) is 28.0 Å². The van der Waals surface area contributed by atoms with Gasteiger partial charge in [-0.3, -0.25) is 14.7 Å². The number of halogens is 1. The molecule has 31 heavy (non-hydrogen) atoms. The zero-order valence-corrected chi connectivity index (χ0v) is 16.3. The average Bonchev–Trinajstić information content (AvgIpc) is 3.37. The SMILES string of the molecule is Cn1nnc(-c2ccc(-c3ccc(N4C[C@H](COC(O)C=O)OC4=O)cc3F)cn2)n1. The van der Waals surface area contributed by atoms with E-state index in [-0.39, 0.29) is 19.4 Å². The van der Waals surface area contributed by atoms with Gasteiger partial charge in [0, 0.05) is 17.3 Å². The summed E-state index contributed by atoms with van der Waals surface area (Å²) in [7, 11) is 1.64. The molecule has 0 spiro atoms. The van der Waals surface area contributed by atoms with Crippen LogP contribution in [-0.2, 0) is 21.3 Å². The van der Waals surface area contributed by atoms with Crippen molar-refractivity contribution in [2.75, 3.05) is 18.1 Å². The number of aliphatic hydroxyl groups excluding tert-OH is 1. The summed E-state index contributed by atoms with van der Waals surface area (Å²) in [4.78, 5) is 29.3. The summed E-state index contributed by atoms with van der Waals surface area (Å²) in [6, 6.07) is 7.69. The highest BCUT2D eigenvalue weighted by Gasteiger charge is 2.33. The number of ether oxygens (including phenoxy) is 2. The van der Waals surface area contributed by atoms with Crippen LogP contribution in [-0.4, -0.2) is 68.2 Å². The highest BCUT2D eigenvalue weighted by atomic mass is 19.1. The molecule has 0 bridgehead atoms. The first-order valence-corrected chi connectivity index (χ1v) is 9.18. The Hall–Kier alpha value is -3.77. The van der Waals surface area contributed by atoms with E-state index in [0.717, 1.165) is 0 Å². The van der Waals surface area contributed by atoms with Crippen LogP contribution in [0.1, 0.15) is 0 Å². The second-order valence-corrected chi connectivity index (χ2v) is 6.68. The minimum Gasteiger partial charge on any atom is -0.441 e. The number of carbonyl (C=O) groups is 2. The van der Waals surface area contributed by atoms with E-state index >= 15 is 0 Å². The molecule has 0 aliphatic carbocycles. The molecule has 11 nitrogen and oxygen atoms in total. The molecule has 1 N–H and O–H groups in total. The standard InChI is InChI=1S/C19H17FN6O5/c1-25-23-18(22-24-25)16-5-2-11(7-21-16)14-4-3-12(6-15(14)20)26-8-13(31-19(26)29)10-30-17(28)9-27/h2-7,9,13,17,28H,8,10H2,1H3/t13-,17?/m1/s1. The maximum Gasteiger partial charge on any atom is 0.414 e. The summed E-state index contributed by atoms with van der Waals surface area (Å²) >= 11 is 0. The molecule has 3 heterocycles. The molecule has 3 aromatic rings. The number of anilines is 1. The molecule has 0 radical (unpaired) electrons. The number of hydrogen-bond acceptors (Lipinski definition) is 9. The maximum atomic E-state index is 14.8. The Morgan fingerprint density at radius 2 is 2.23 bits per heavy atom. The number of pyridine rings is 1. The van der Waals surface area contributed by atoms with Crippen LogP contribution in [0.15, 0.2) is 36.5 Å². The van der Waals surface area contributed by atoms with E-state index in [9.17, 15) is 14.0 Å². The molecule has 160 valence electrons. The van der Waals surface area contributed by atoms with Crippen LogP contribution in [0.4, 0.5) is 14.9 Å². The number of aldehydes is 1. The zero-order chi connectivity index (χ0) is 22.0. The van der Waals surface area contributed by atoms with E-state index in [4.69, 9.17) is 14.6 Å². The maximum absolute atomic E-state index is 14.8. The van der Waals surface area contributed by atoms with Gasteiger partial charge in [0.1, 0.15) is 17.6 Å². The van der Waals surface area contributed by atoms with Crippen molar-refractivity contribution in [2.24, 2.45) is 7.05 Å². The number of rotatable bonds is 7. The summed E-state index contributed by atoms with van der Waals surface area (Å²) < 4.78 is 24.8. The van der Waals surface area contributed by atoms with Gasteiger partial charge in [0.25, 0.3) is 0 Å². The van der Waals surface area contributed by atoms with Crippen molar-refractivity contribution in [3.63, 3.8) is 0 Å². The highest BCUT2D eigenvalue weighted by molar-refractivity contribution is 5.90. The minimum absolute atomic E-state index is 0.0879. The molecule has 4 rings (SSSR count). The number of aliphatic hydroxyl groups is 1. The Balaban J connectivity index is 1.48. The van der Waals surface area contributed by atoms with Crippen molar-refractivity contribution in [1.29, 1.82) is 0 Å². The first kappa shape index (κ1) is 20.5. The molecule has 1 aromatic carbocycles. The second-order valence-electron chi connectivity index (χ2n) is 6.68. The Morgan fingerprint density at radius 1 is 1.39 bits per heavy atom. The van der Waals surface area contributed by atoms with E-state index in [2.05, 4.69) is 20.4 Å². The number of aryl methyl sites for hydroxylation is 1. The molecule has 1 amide bonds. The lowest BCUT2D eigenvalue weighted by atomic mass is 10.1. The number of benzene rings is 1. The van der Waals surface area contributed by atoms with Crippen molar-refractivity contribution in [2.45, 2.75) is 12.4 Å². The fourth-order valence-corrected chi connectivity index (χ4v) is 3.04. The number of amides is 1. The molecule has 1 fully saturated rings. The largest absolute Gasteiger partial charge is 0.441 e. The van der Waals surface area contributed by atoms with Crippen LogP contribution in [0.2, 0.25) is 0 Å². The lowest BCUT2D eigenvalue weighted by Crippen LogP contribution is -2.27.